The number of rotatable bonds is 3. The molecular formula is C14H12BrN3O3. The van der Waals surface area contributed by atoms with Crippen molar-refractivity contribution >= 4 is 39.3 Å². The molecule has 1 aromatic heterocycles. The van der Waals surface area contributed by atoms with E-state index in [9.17, 15) is 9.59 Å². The van der Waals surface area contributed by atoms with E-state index in [4.69, 9.17) is 5.11 Å². The number of pyridine rings is 1. The average molecular weight is 350 g/mol. The number of carbonyl (C=O) groups excluding carboxylic acids is 1. The minimum absolute atomic E-state index is 0.135. The smallest absolute Gasteiger partial charge is 0.335 e. The Morgan fingerprint density at radius 2 is 1.95 bits per heavy atom. The highest BCUT2D eigenvalue weighted by molar-refractivity contribution is 9.10. The molecule has 6 nitrogen and oxygen atoms in total. The molecule has 2 aromatic rings. The first-order valence-electron chi connectivity index (χ1n) is 5.98. The number of anilines is 2. The number of carboxylic acid groups (broad SMARTS) is 1. The van der Waals surface area contributed by atoms with Crippen LogP contribution in [0.1, 0.15) is 15.9 Å². The van der Waals surface area contributed by atoms with Gasteiger partial charge in [-0.2, -0.15) is 0 Å². The van der Waals surface area contributed by atoms with Crippen molar-refractivity contribution in [2.75, 3.05) is 10.6 Å². The predicted octanol–water partition coefficient (Wildman–Crippen LogP) is 3.49. The summed E-state index contributed by atoms with van der Waals surface area (Å²) >= 11 is 3.22. The third-order valence-electron chi connectivity index (χ3n) is 2.60. The van der Waals surface area contributed by atoms with E-state index in [2.05, 4.69) is 31.5 Å². The number of nitrogens with zero attached hydrogens (tertiary/aromatic N) is 1. The number of hydrogen-bond donors (Lipinski definition) is 3. The fraction of sp³-hybridized carbons (Fsp3) is 0.0714. The topological polar surface area (TPSA) is 91.3 Å². The van der Waals surface area contributed by atoms with Gasteiger partial charge in [0.15, 0.2) is 0 Å². The van der Waals surface area contributed by atoms with Gasteiger partial charge in [0.2, 0.25) is 0 Å². The van der Waals surface area contributed by atoms with E-state index in [1.54, 1.807) is 12.3 Å². The second-order valence-electron chi connectivity index (χ2n) is 4.33. The zero-order valence-corrected chi connectivity index (χ0v) is 12.6. The minimum atomic E-state index is -1.03. The van der Waals surface area contributed by atoms with E-state index >= 15 is 0 Å². The Kier molecular flexibility index (Phi) is 4.54. The molecule has 1 aromatic carbocycles. The molecule has 2 amide bonds. The summed E-state index contributed by atoms with van der Waals surface area (Å²) in [6, 6.07) is 5.70. The van der Waals surface area contributed by atoms with Crippen molar-refractivity contribution in [3.63, 3.8) is 0 Å². The fourth-order valence-corrected chi connectivity index (χ4v) is 2.14. The molecule has 0 fully saturated rings. The van der Waals surface area contributed by atoms with Crippen molar-refractivity contribution in [1.82, 2.24) is 4.98 Å². The summed E-state index contributed by atoms with van der Waals surface area (Å²) in [5.41, 5.74) is 2.11. The molecule has 0 aliphatic rings. The van der Waals surface area contributed by atoms with Crippen molar-refractivity contribution in [3.8, 4) is 0 Å². The Balaban J connectivity index is 2.08. The van der Waals surface area contributed by atoms with Gasteiger partial charge in [0.05, 0.1) is 23.1 Å². The highest BCUT2D eigenvalue weighted by Crippen LogP contribution is 2.24. The second-order valence-corrected chi connectivity index (χ2v) is 5.18. The number of amides is 2. The van der Waals surface area contributed by atoms with E-state index < -0.39 is 12.0 Å². The van der Waals surface area contributed by atoms with Gasteiger partial charge < -0.3 is 15.7 Å². The van der Waals surface area contributed by atoms with E-state index in [1.807, 2.05) is 6.92 Å². The second kappa shape index (κ2) is 6.36. The van der Waals surface area contributed by atoms with Crippen LogP contribution in [0.15, 0.2) is 41.1 Å². The lowest BCUT2D eigenvalue weighted by Crippen LogP contribution is -2.20. The Hall–Kier alpha value is -2.41. The molecule has 108 valence electrons. The van der Waals surface area contributed by atoms with Gasteiger partial charge in [-0.3, -0.25) is 4.98 Å². The molecule has 0 bridgehead atoms. The molecule has 1 heterocycles. The van der Waals surface area contributed by atoms with E-state index in [0.717, 1.165) is 5.56 Å². The highest BCUT2D eigenvalue weighted by atomic mass is 79.9. The van der Waals surface area contributed by atoms with Crippen LogP contribution in [-0.4, -0.2) is 22.1 Å². The normalized spacial score (nSPS) is 10.0. The number of carboxylic acids is 1. The van der Waals surface area contributed by atoms with Crippen LogP contribution in [0.3, 0.4) is 0 Å². The number of aromatic carboxylic acids is 1. The first kappa shape index (κ1) is 15.0. The van der Waals surface area contributed by atoms with Crippen molar-refractivity contribution in [2.45, 2.75) is 6.92 Å². The fourth-order valence-electron chi connectivity index (χ4n) is 1.66. The van der Waals surface area contributed by atoms with Crippen LogP contribution in [0.4, 0.5) is 16.2 Å². The molecular weight excluding hydrogens is 338 g/mol. The third kappa shape index (κ3) is 4.03. The minimum Gasteiger partial charge on any atom is -0.478 e. The lowest BCUT2D eigenvalue weighted by Gasteiger charge is -2.09. The molecule has 0 radical (unpaired) electrons. The van der Waals surface area contributed by atoms with Gasteiger partial charge in [-0.1, -0.05) is 0 Å². The number of nitrogens with one attached hydrogen (secondary N) is 2. The summed E-state index contributed by atoms with van der Waals surface area (Å²) in [5, 5.41) is 14.1. The number of aryl methyl sites for hydroxylation is 1. The molecule has 0 aliphatic carbocycles. The van der Waals surface area contributed by atoms with Crippen LogP contribution in [0.5, 0.6) is 0 Å². The quantitative estimate of drug-likeness (QED) is 0.790. The molecule has 0 saturated heterocycles. The lowest BCUT2D eigenvalue weighted by molar-refractivity contribution is 0.0697. The van der Waals surface area contributed by atoms with Gasteiger partial charge in [-0.25, -0.2) is 9.59 Å². The Morgan fingerprint density at radius 1 is 1.19 bits per heavy atom. The van der Waals surface area contributed by atoms with Crippen molar-refractivity contribution in [2.24, 2.45) is 0 Å². The predicted molar refractivity (Wildman–Crippen MR) is 82.7 cm³/mol. The monoisotopic (exact) mass is 349 g/mol. The largest absolute Gasteiger partial charge is 0.478 e. The Morgan fingerprint density at radius 3 is 2.57 bits per heavy atom. The molecule has 0 saturated carbocycles. The Labute approximate surface area is 129 Å². The van der Waals surface area contributed by atoms with Crippen LogP contribution < -0.4 is 10.6 Å². The Bertz CT molecular complexity index is 704. The van der Waals surface area contributed by atoms with Gasteiger partial charge in [-0.05, 0) is 52.7 Å². The number of urea groups is 1. The summed E-state index contributed by atoms with van der Waals surface area (Å²) in [7, 11) is 0. The van der Waals surface area contributed by atoms with E-state index in [1.165, 1.54) is 24.4 Å². The summed E-state index contributed by atoms with van der Waals surface area (Å²) in [4.78, 5) is 26.7. The lowest BCUT2D eigenvalue weighted by atomic mass is 10.2. The number of halogens is 1. The van der Waals surface area contributed by atoms with Crippen molar-refractivity contribution < 1.29 is 14.7 Å². The van der Waals surface area contributed by atoms with Crippen LogP contribution in [0.2, 0.25) is 0 Å². The number of benzene rings is 1. The van der Waals surface area contributed by atoms with Crippen LogP contribution in [0, 0.1) is 6.92 Å². The standard InChI is InChI=1S/C14H12BrN3O3/c1-8-4-10(7-16-6-8)17-14(21)18-12-3-2-9(13(19)20)5-11(12)15/h2-7H,1H3,(H,19,20)(H2,17,18,21). The molecule has 3 N–H and O–H groups in total. The number of carbonyl (C=O) groups is 2. The van der Waals surface area contributed by atoms with Crippen LogP contribution >= 0.6 is 15.9 Å². The third-order valence-corrected chi connectivity index (χ3v) is 3.25. The molecule has 0 spiro atoms. The maximum Gasteiger partial charge on any atom is 0.335 e. The maximum absolute atomic E-state index is 11.9. The van der Waals surface area contributed by atoms with Gasteiger partial charge in [-0.15, -0.1) is 0 Å². The molecule has 7 heteroatoms. The van der Waals surface area contributed by atoms with Gasteiger partial charge >= 0.3 is 12.0 Å². The molecule has 0 aliphatic heterocycles. The zero-order valence-electron chi connectivity index (χ0n) is 11.1. The first-order valence-corrected chi connectivity index (χ1v) is 6.77. The van der Waals surface area contributed by atoms with Crippen LogP contribution in [-0.2, 0) is 0 Å². The summed E-state index contributed by atoms with van der Waals surface area (Å²) < 4.78 is 0.486. The zero-order chi connectivity index (χ0) is 15.4. The van der Waals surface area contributed by atoms with Crippen molar-refractivity contribution in [1.29, 1.82) is 0 Å². The first-order chi connectivity index (χ1) is 9.95. The van der Waals surface area contributed by atoms with E-state index in [-0.39, 0.29) is 5.56 Å². The highest BCUT2D eigenvalue weighted by Gasteiger charge is 2.09. The van der Waals surface area contributed by atoms with Gasteiger partial charge in [0, 0.05) is 10.7 Å². The SMILES string of the molecule is Cc1cncc(NC(=O)Nc2ccc(C(=O)O)cc2Br)c1. The molecule has 2 rings (SSSR count). The summed E-state index contributed by atoms with van der Waals surface area (Å²) in [6.07, 6.45) is 3.22. The summed E-state index contributed by atoms with van der Waals surface area (Å²) in [5.74, 6) is -1.03. The van der Waals surface area contributed by atoms with Crippen LogP contribution in [0.25, 0.3) is 0 Å². The molecule has 21 heavy (non-hydrogen) atoms. The average Bonchev–Trinajstić information content (AvgIpc) is 2.40. The van der Waals surface area contributed by atoms with Crippen molar-refractivity contribution in [3.05, 3.63) is 52.3 Å². The molecule has 0 atom stereocenters. The molecule has 0 unspecified atom stereocenters. The van der Waals surface area contributed by atoms with Gasteiger partial charge in [0.25, 0.3) is 0 Å². The van der Waals surface area contributed by atoms with Gasteiger partial charge in [0.1, 0.15) is 0 Å². The number of aromatic nitrogens is 1. The summed E-state index contributed by atoms with van der Waals surface area (Å²) in [6.45, 7) is 1.87. The maximum atomic E-state index is 11.9. The van der Waals surface area contributed by atoms with E-state index in [0.29, 0.717) is 15.8 Å². The number of hydrogen-bond acceptors (Lipinski definition) is 3.